The number of amides is 1. The van der Waals surface area contributed by atoms with Gasteiger partial charge in [0.2, 0.25) is 5.91 Å². The summed E-state index contributed by atoms with van der Waals surface area (Å²) in [6, 6.07) is 13.9. The standard InChI is InChI=1S/C20H21N5OS/c1-19(14-7-8-15(22)27-14)16(17(26)25(2)18(23)24-19)12-3-5-13(6-4-12)20(11-21)9-10-20/h3-8,16H,9-10,22H2,1-2H3,(H2,23,24)/t16-,19+/m0/s1. The number of benzene rings is 1. The second kappa shape index (κ2) is 5.83. The summed E-state index contributed by atoms with van der Waals surface area (Å²) < 4.78 is 0. The second-order valence-corrected chi connectivity index (χ2v) is 8.58. The van der Waals surface area contributed by atoms with Crippen molar-refractivity contribution in [2.24, 2.45) is 10.7 Å². The van der Waals surface area contributed by atoms with E-state index in [2.05, 4.69) is 11.1 Å². The van der Waals surface area contributed by atoms with Crippen LogP contribution in [0, 0.1) is 11.3 Å². The predicted octanol–water partition coefficient (Wildman–Crippen LogP) is 2.67. The van der Waals surface area contributed by atoms with Crippen LogP contribution in [-0.2, 0) is 15.7 Å². The van der Waals surface area contributed by atoms with Gasteiger partial charge in [-0.2, -0.15) is 5.26 Å². The topological polar surface area (TPSA) is 108 Å². The van der Waals surface area contributed by atoms with Crippen molar-refractivity contribution >= 4 is 28.2 Å². The van der Waals surface area contributed by atoms with Gasteiger partial charge in [-0.1, -0.05) is 24.3 Å². The molecule has 2 atom stereocenters. The number of guanidine groups is 1. The third kappa shape index (κ3) is 2.60. The van der Waals surface area contributed by atoms with Crippen LogP contribution in [-0.4, -0.2) is 23.8 Å². The van der Waals surface area contributed by atoms with E-state index in [1.807, 2.05) is 43.3 Å². The molecule has 1 fully saturated rings. The Bertz CT molecular complexity index is 983. The molecule has 4 rings (SSSR count). The number of nitrogens with zero attached hydrogens (tertiary/aromatic N) is 3. The minimum atomic E-state index is -0.829. The van der Waals surface area contributed by atoms with Gasteiger partial charge in [0.1, 0.15) is 5.54 Å². The molecule has 4 N–H and O–H groups in total. The first kappa shape index (κ1) is 17.6. The molecular formula is C20H21N5OS. The summed E-state index contributed by atoms with van der Waals surface area (Å²) in [6.07, 6.45) is 1.78. The number of nitriles is 1. The van der Waals surface area contributed by atoms with Crippen LogP contribution in [0.25, 0.3) is 0 Å². The Balaban J connectivity index is 1.81. The molecule has 2 aliphatic rings. The molecule has 27 heavy (non-hydrogen) atoms. The zero-order chi connectivity index (χ0) is 19.4. The van der Waals surface area contributed by atoms with Crippen molar-refractivity contribution < 1.29 is 4.79 Å². The van der Waals surface area contributed by atoms with E-state index >= 15 is 0 Å². The number of rotatable bonds is 3. The third-order valence-electron chi connectivity index (χ3n) is 5.72. The Kier molecular flexibility index (Phi) is 3.79. The molecule has 6 nitrogen and oxygen atoms in total. The summed E-state index contributed by atoms with van der Waals surface area (Å²) in [5, 5.41) is 10.1. The van der Waals surface area contributed by atoms with Gasteiger partial charge in [0.05, 0.1) is 22.4 Å². The third-order valence-corrected chi connectivity index (χ3v) is 6.86. The van der Waals surface area contributed by atoms with Crippen molar-refractivity contribution in [3.8, 4) is 6.07 Å². The molecule has 1 aliphatic heterocycles. The lowest BCUT2D eigenvalue weighted by Gasteiger charge is -2.40. The Labute approximate surface area is 162 Å². The predicted molar refractivity (Wildman–Crippen MR) is 106 cm³/mol. The summed E-state index contributed by atoms with van der Waals surface area (Å²) in [4.78, 5) is 20.2. The highest BCUT2D eigenvalue weighted by molar-refractivity contribution is 7.16. The van der Waals surface area contributed by atoms with Gasteiger partial charge in [0, 0.05) is 11.9 Å². The van der Waals surface area contributed by atoms with Crippen LogP contribution in [0.2, 0.25) is 0 Å². The maximum Gasteiger partial charge on any atom is 0.239 e. The minimum Gasteiger partial charge on any atom is -0.391 e. The Morgan fingerprint density at radius 1 is 1.22 bits per heavy atom. The molecule has 0 unspecified atom stereocenters. The lowest BCUT2D eigenvalue weighted by Crippen LogP contribution is -2.52. The number of likely N-dealkylation sites (N-methyl/N-ethyl adjacent to an activating group) is 1. The van der Waals surface area contributed by atoms with Crippen LogP contribution in [0.4, 0.5) is 5.00 Å². The second-order valence-electron chi connectivity index (χ2n) is 7.47. The van der Waals surface area contributed by atoms with Crippen LogP contribution in [0.15, 0.2) is 41.4 Å². The van der Waals surface area contributed by atoms with E-state index in [-0.39, 0.29) is 17.3 Å². The van der Waals surface area contributed by atoms with Crippen molar-refractivity contribution in [1.82, 2.24) is 4.90 Å². The highest BCUT2D eigenvalue weighted by Crippen LogP contribution is 2.49. The van der Waals surface area contributed by atoms with Gasteiger partial charge in [-0.15, -0.1) is 11.3 Å². The van der Waals surface area contributed by atoms with Crippen molar-refractivity contribution in [3.05, 3.63) is 52.4 Å². The zero-order valence-corrected chi connectivity index (χ0v) is 16.1. The summed E-state index contributed by atoms with van der Waals surface area (Å²) in [7, 11) is 1.64. The number of hydrogen-bond donors (Lipinski definition) is 2. The number of carbonyl (C=O) groups is 1. The molecule has 0 spiro atoms. The van der Waals surface area contributed by atoms with Crippen LogP contribution >= 0.6 is 11.3 Å². The Morgan fingerprint density at radius 2 is 1.89 bits per heavy atom. The van der Waals surface area contributed by atoms with Gasteiger partial charge in [-0.3, -0.25) is 9.69 Å². The molecule has 0 saturated heterocycles. The van der Waals surface area contributed by atoms with Crippen LogP contribution in [0.3, 0.4) is 0 Å². The molecule has 2 aromatic rings. The first-order chi connectivity index (χ1) is 12.8. The van der Waals surface area contributed by atoms with Crippen molar-refractivity contribution in [2.45, 2.75) is 36.6 Å². The van der Waals surface area contributed by atoms with E-state index < -0.39 is 11.5 Å². The SMILES string of the molecule is CN1C(=O)[C@H](c2ccc(C3(C#N)CC3)cc2)[C@@](C)(c2ccc(N)s2)N=C1N. The van der Waals surface area contributed by atoms with E-state index in [1.54, 1.807) is 7.05 Å². The molecule has 1 amide bonds. The molecule has 0 radical (unpaired) electrons. The van der Waals surface area contributed by atoms with Crippen molar-refractivity contribution in [2.75, 3.05) is 12.8 Å². The number of hydrogen-bond acceptors (Lipinski definition) is 6. The molecule has 1 aromatic heterocycles. The number of nitrogen functional groups attached to an aromatic ring is 1. The van der Waals surface area contributed by atoms with Gasteiger partial charge < -0.3 is 11.5 Å². The van der Waals surface area contributed by atoms with E-state index in [0.29, 0.717) is 5.00 Å². The smallest absolute Gasteiger partial charge is 0.239 e. The Hall–Kier alpha value is -2.85. The lowest BCUT2D eigenvalue weighted by atomic mass is 9.77. The fourth-order valence-corrected chi connectivity index (χ4v) is 4.69. The summed E-state index contributed by atoms with van der Waals surface area (Å²) in [5.41, 5.74) is 12.6. The fourth-order valence-electron chi connectivity index (χ4n) is 3.80. The van der Waals surface area contributed by atoms with Gasteiger partial charge in [0.15, 0.2) is 5.96 Å². The van der Waals surface area contributed by atoms with Gasteiger partial charge in [-0.05, 0) is 43.0 Å². The number of thiophene rings is 1. The minimum absolute atomic E-state index is 0.105. The van der Waals surface area contributed by atoms with E-state index in [0.717, 1.165) is 28.8 Å². The quantitative estimate of drug-likeness (QED) is 0.854. The van der Waals surface area contributed by atoms with Crippen molar-refractivity contribution in [1.29, 1.82) is 5.26 Å². The largest absolute Gasteiger partial charge is 0.391 e. The first-order valence-electron chi connectivity index (χ1n) is 8.81. The highest BCUT2D eigenvalue weighted by Gasteiger charge is 2.49. The average molecular weight is 379 g/mol. The number of anilines is 1. The van der Waals surface area contributed by atoms with E-state index in [4.69, 9.17) is 11.5 Å². The molecule has 0 bridgehead atoms. The highest BCUT2D eigenvalue weighted by atomic mass is 32.1. The maximum atomic E-state index is 13.2. The van der Waals surface area contributed by atoms with Gasteiger partial charge >= 0.3 is 0 Å². The van der Waals surface area contributed by atoms with E-state index in [1.165, 1.54) is 16.2 Å². The fraction of sp³-hybridized carbons (Fsp3) is 0.350. The molecular weight excluding hydrogens is 358 g/mol. The molecule has 2 heterocycles. The molecule has 1 aromatic carbocycles. The zero-order valence-electron chi connectivity index (χ0n) is 15.3. The monoisotopic (exact) mass is 379 g/mol. The van der Waals surface area contributed by atoms with E-state index in [9.17, 15) is 10.1 Å². The summed E-state index contributed by atoms with van der Waals surface area (Å²) in [5.74, 6) is -0.422. The summed E-state index contributed by atoms with van der Waals surface area (Å²) >= 11 is 1.42. The number of nitrogens with two attached hydrogens (primary N) is 2. The molecule has 1 aliphatic carbocycles. The first-order valence-corrected chi connectivity index (χ1v) is 9.63. The Morgan fingerprint density at radius 3 is 2.41 bits per heavy atom. The molecule has 7 heteroatoms. The molecule has 1 saturated carbocycles. The van der Waals surface area contributed by atoms with Crippen molar-refractivity contribution in [3.63, 3.8) is 0 Å². The molecule has 138 valence electrons. The lowest BCUT2D eigenvalue weighted by molar-refractivity contribution is -0.130. The number of aliphatic imine (C=N–C) groups is 1. The van der Waals surface area contributed by atoms with Crippen LogP contribution < -0.4 is 11.5 Å². The normalized spacial score (nSPS) is 26.4. The number of carbonyl (C=O) groups excluding carboxylic acids is 1. The maximum absolute atomic E-state index is 13.2. The van der Waals surface area contributed by atoms with Gasteiger partial charge in [-0.25, -0.2) is 4.99 Å². The summed E-state index contributed by atoms with van der Waals surface area (Å²) in [6.45, 7) is 1.92. The average Bonchev–Trinajstić information content (AvgIpc) is 3.33. The van der Waals surface area contributed by atoms with Crippen LogP contribution in [0.5, 0.6) is 0 Å². The van der Waals surface area contributed by atoms with Crippen LogP contribution in [0.1, 0.15) is 41.7 Å². The van der Waals surface area contributed by atoms with Gasteiger partial charge in [0.25, 0.3) is 0 Å².